The quantitative estimate of drug-likeness (QED) is 0.305. The van der Waals surface area contributed by atoms with Gasteiger partial charge in [0, 0.05) is 25.4 Å². The number of ether oxygens (including phenoxy) is 1. The first-order valence-corrected chi connectivity index (χ1v) is 11.7. The molecule has 0 saturated heterocycles. The smallest absolute Gasteiger partial charge is 0.428 e. The lowest BCUT2D eigenvalue weighted by atomic mass is 10.0. The standard InChI is InChI=1S/C19H19ClF5N3O2.C7H8/c1-3-28(4-2)18(29)27-16(15-6-5-12(20)10-26-15)11-7-13(21)9-14(8-11)30-19(24,25)17(22)23;1-7-5-3-2-4-6-7/h5-10,16-17H,3-4H2,1-2H3,(H,27,29);2-6H,1H3/t16-;/m0./s1. The molecule has 0 saturated carbocycles. The molecule has 0 aliphatic carbocycles. The molecule has 0 unspecified atom stereocenters. The van der Waals surface area contributed by atoms with Crippen LogP contribution in [0.2, 0.25) is 5.02 Å². The number of alkyl halides is 4. The SMILES string of the molecule is CCN(CC)C(=O)N[C@@H](c1cc(F)cc(OC(F)(F)C(F)F)c1)c1ccc(Cl)cn1.Cc1ccccc1. The van der Waals surface area contributed by atoms with Crippen LogP contribution < -0.4 is 10.1 Å². The fraction of sp³-hybridized carbons (Fsp3) is 0.308. The van der Waals surface area contributed by atoms with Gasteiger partial charge in [0.05, 0.1) is 16.8 Å². The molecule has 200 valence electrons. The van der Waals surface area contributed by atoms with Crippen LogP contribution in [0.15, 0.2) is 66.9 Å². The minimum atomic E-state index is -4.82. The Morgan fingerprint density at radius 2 is 1.73 bits per heavy atom. The highest BCUT2D eigenvalue weighted by atomic mass is 35.5. The van der Waals surface area contributed by atoms with Gasteiger partial charge in [-0.3, -0.25) is 4.98 Å². The van der Waals surface area contributed by atoms with E-state index in [1.165, 1.54) is 28.8 Å². The number of nitrogens with one attached hydrogen (secondary N) is 1. The minimum Gasteiger partial charge on any atom is -0.428 e. The first kappa shape index (κ1) is 29.8. The minimum absolute atomic E-state index is 0.0367. The van der Waals surface area contributed by atoms with Crippen LogP contribution in [0.25, 0.3) is 0 Å². The maximum absolute atomic E-state index is 14.1. The molecular weight excluding hydrogens is 517 g/mol. The summed E-state index contributed by atoms with van der Waals surface area (Å²) in [5, 5.41) is 2.93. The number of pyridine rings is 1. The van der Waals surface area contributed by atoms with Gasteiger partial charge >= 0.3 is 18.6 Å². The van der Waals surface area contributed by atoms with Crippen molar-refractivity contribution in [3.8, 4) is 5.75 Å². The molecule has 1 atom stereocenters. The first-order chi connectivity index (χ1) is 17.5. The maximum atomic E-state index is 14.1. The van der Waals surface area contributed by atoms with E-state index < -0.39 is 36.2 Å². The highest BCUT2D eigenvalue weighted by Crippen LogP contribution is 2.31. The lowest BCUT2D eigenvalue weighted by molar-refractivity contribution is -0.253. The molecule has 3 aromatic rings. The van der Waals surface area contributed by atoms with Crippen molar-refractivity contribution in [3.63, 3.8) is 0 Å². The molecule has 0 aliphatic rings. The van der Waals surface area contributed by atoms with Crippen molar-refractivity contribution < 1.29 is 31.5 Å². The summed E-state index contributed by atoms with van der Waals surface area (Å²) in [5.41, 5.74) is 1.50. The molecule has 0 spiro atoms. The number of urea groups is 1. The van der Waals surface area contributed by atoms with Crippen LogP contribution in [0.4, 0.5) is 26.7 Å². The van der Waals surface area contributed by atoms with E-state index in [0.29, 0.717) is 24.2 Å². The van der Waals surface area contributed by atoms with E-state index in [4.69, 9.17) is 11.6 Å². The third-order valence-electron chi connectivity index (χ3n) is 5.04. The van der Waals surface area contributed by atoms with Gasteiger partial charge in [0.2, 0.25) is 0 Å². The van der Waals surface area contributed by atoms with Crippen LogP contribution in [0, 0.1) is 12.7 Å². The van der Waals surface area contributed by atoms with E-state index in [1.807, 2.05) is 18.2 Å². The molecule has 1 aromatic heterocycles. The maximum Gasteiger partial charge on any atom is 0.461 e. The van der Waals surface area contributed by atoms with E-state index >= 15 is 0 Å². The summed E-state index contributed by atoms with van der Waals surface area (Å²) in [5.74, 6) is -1.85. The summed E-state index contributed by atoms with van der Waals surface area (Å²) in [6, 6.07) is 14.0. The normalized spacial score (nSPS) is 11.8. The van der Waals surface area contributed by atoms with Gasteiger partial charge in [0.1, 0.15) is 11.6 Å². The van der Waals surface area contributed by atoms with Crippen molar-refractivity contribution in [2.75, 3.05) is 13.1 Å². The third kappa shape index (κ3) is 9.20. The number of rotatable bonds is 8. The Bertz CT molecular complexity index is 1130. The molecule has 5 nitrogen and oxygen atoms in total. The largest absolute Gasteiger partial charge is 0.461 e. The van der Waals surface area contributed by atoms with Gasteiger partial charge in [-0.05, 0) is 50.6 Å². The molecule has 0 radical (unpaired) electrons. The first-order valence-electron chi connectivity index (χ1n) is 11.3. The zero-order valence-corrected chi connectivity index (χ0v) is 21.2. The Kier molecular flexibility index (Phi) is 11.1. The fourth-order valence-corrected chi connectivity index (χ4v) is 3.27. The molecule has 1 heterocycles. The van der Waals surface area contributed by atoms with Gasteiger partial charge < -0.3 is 15.0 Å². The van der Waals surface area contributed by atoms with Crippen LogP contribution in [0.1, 0.15) is 36.7 Å². The Morgan fingerprint density at radius 1 is 1.08 bits per heavy atom. The molecule has 37 heavy (non-hydrogen) atoms. The average Bonchev–Trinajstić information content (AvgIpc) is 2.84. The number of nitrogens with zero attached hydrogens (tertiary/aromatic N) is 2. The van der Waals surface area contributed by atoms with Gasteiger partial charge in [0.25, 0.3) is 0 Å². The summed E-state index contributed by atoms with van der Waals surface area (Å²) >= 11 is 5.82. The third-order valence-corrected chi connectivity index (χ3v) is 5.26. The fourth-order valence-electron chi connectivity index (χ4n) is 3.16. The summed E-state index contributed by atoms with van der Waals surface area (Å²) in [4.78, 5) is 18.1. The number of amides is 2. The van der Waals surface area contributed by atoms with Crippen LogP contribution >= 0.6 is 11.6 Å². The highest BCUT2D eigenvalue weighted by Gasteiger charge is 2.44. The predicted molar refractivity (Wildman–Crippen MR) is 132 cm³/mol. The number of aryl methyl sites for hydroxylation is 1. The molecular formula is C26H27ClF5N3O2. The monoisotopic (exact) mass is 543 g/mol. The molecule has 2 amide bonds. The lowest BCUT2D eigenvalue weighted by Gasteiger charge is -2.25. The lowest BCUT2D eigenvalue weighted by Crippen LogP contribution is -2.42. The Labute approximate surface area is 217 Å². The van der Waals surface area contributed by atoms with Crippen LogP contribution in [-0.4, -0.2) is 41.5 Å². The van der Waals surface area contributed by atoms with Crippen molar-refractivity contribution >= 4 is 17.6 Å². The van der Waals surface area contributed by atoms with Gasteiger partial charge in [-0.25, -0.2) is 9.18 Å². The Hall–Kier alpha value is -3.40. The molecule has 3 rings (SSSR count). The summed E-state index contributed by atoms with van der Waals surface area (Å²) < 4.78 is 69.5. The Morgan fingerprint density at radius 3 is 2.22 bits per heavy atom. The van der Waals surface area contributed by atoms with Crippen molar-refractivity contribution in [2.24, 2.45) is 0 Å². The van der Waals surface area contributed by atoms with Crippen molar-refractivity contribution in [3.05, 3.63) is 94.5 Å². The number of hydrogen-bond donors (Lipinski definition) is 1. The van der Waals surface area contributed by atoms with Crippen molar-refractivity contribution in [1.29, 1.82) is 0 Å². The number of carbonyl (C=O) groups is 1. The zero-order chi connectivity index (χ0) is 27.6. The van der Waals surface area contributed by atoms with Crippen molar-refractivity contribution in [1.82, 2.24) is 15.2 Å². The van der Waals surface area contributed by atoms with Crippen LogP contribution in [-0.2, 0) is 0 Å². The van der Waals surface area contributed by atoms with E-state index in [1.54, 1.807) is 13.8 Å². The number of benzene rings is 2. The van der Waals surface area contributed by atoms with Crippen LogP contribution in [0.5, 0.6) is 5.75 Å². The van der Waals surface area contributed by atoms with Gasteiger partial charge in [-0.15, -0.1) is 0 Å². The van der Waals surface area contributed by atoms with Crippen LogP contribution in [0.3, 0.4) is 0 Å². The average molecular weight is 544 g/mol. The number of carbonyl (C=O) groups excluding carboxylic acids is 1. The second kappa shape index (κ2) is 13.8. The van der Waals surface area contributed by atoms with Gasteiger partial charge in [-0.1, -0.05) is 47.5 Å². The van der Waals surface area contributed by atoms with Gasteiger partial charge in [0.15, 0.2) is 0 Å². The molecule has 1 N–H and O–H groups in total. The second-order valence-electron chi connectivity index (χ2n) is 7.80. The Balaban J connectivity index is 0.000000591. The molecule has 0 aliphatic heterocycles. The molecule has 11 heteroatoms. The van der Waals surface area contributed by atoms with E-state index in [9.17, 15) is 26.7 Å². The molecule has 0 fully saturated rings. The number of aromatic nitrogens is 1. The van der Waals surface area contributed by atoms with E-state index in [2.05, 4.69) is 34.1 Å². The predicted octanol–water partition coefficient (Wildman–Crippen LogP) is 7.25. The zero-order valence-electron chi connectivity index (χ0n) is 20.4. The van der Waals surface area contributed by atoms with E-state index in [-0.39, 0.29) is 11.3 Å². The van der Waals surface area contributed by atoms with Crippen molar-refractivity contribution in [2.45, 2.75) is 39.3 Å². The molecule has 2 aromatic carbocycles. The van der Waals surface area contributed by atoms with E-state index in [0.717, 1.165) is 12.1 Å². The highest BCUT2D eigenvalue weighted by molar-refractivity contribution is 6.30. The summed E-state index contributed by atoms with van der Waals surface area (Å²) in [7, 11) is 0. The number of halogens is 6. The topological polar surface area (TPSA) is 54.5 Å². The molecule has 0 bridgehead atoms. The van der Waals surface area contributed by atoms with Gasteiger partial charge in [-0.2, -0.15) is 17.6 Å². The summed E-state index contributed by atoms with van der Waals surface area (Å²) in [6.45, 7) is 6.33. The number of hydrogen-bond acceptors (Lipinski definition) is 3. The summed E-state index contributed by atoms with van der Waals surface area (Å²) in [6.07, 6.45) is -7.64. The second-order valence-corrected chi connectivity index (χ2v) is 8.23.